The zero-order chi connectivity index (χ0) is 28.3. The van der Waals surface area contributed by atoms with Gasteiger partial charge in [0.15, 0.2) is 0 Å². The average molecular weight is 539 g/mol. The molecule has 2 aliphatic rings. The van der Waals surface area contributed by atoms with Gasteiger partial charge in [-0.3, -0.25) is 28.8 Å². The van der Waals surface area contributed by atoms with Crippen molar-refractivity contribution in [1.29, 1.82) is 0 Å². The summed E-state index contributed by atoms with van der Waals surface area (Å²) in [5.74, 6) is -2.63. The number of nitrogens with zero attached hydrogens (tertiary/aromatic N) is 2. The molecular formula is C27H42N2O9. The lowest BCUT2D eigenvalue weighted by Crippen LogP contribution is -2.40. The molecule has 2 rings (SSSR count). The van der Waals surface area contributed by atoms with E-state index in [1.807, 2.05) is 13.8 Å². The van der Waals surface area contributed by atoms with Crippen LogP contribution < -0.4 is 0 Å². The van der Waals surface area contributed by atoms with Crippen LogP contribution in [-0.4, -0.2) is 90.8 Å². The molecule has 0 saturated carbocycles. The highest BCUT2D eigenvalue weighted by Gasteiger charge is 2.40. The van der Waals surface area contributed by atoms with Gasteiger partial charge in [-0.25, -0.2) is 0 Å². The second kappa shape index (κ2) is 14.8. The van der Waals surface area contributed by atoms with Crippen molar-refractivity contribution in [2.45, 2.75) is 85.1 Å². The molecule has 0 spiro atoms. The van der Waals surface area contributed by atoms with Gasteiger partial charge in [0.05, 0.1) is 17.9 Å². The van der Waals surface area contributed by atoms with E-state index in [0.717, 1.165) is 12.8 Å². The van der Waals surface area contributed by atoms with Crippen LogP contribution in [0.5, 0.6) is 0 Å². The molecule has 2 heterocycles. The molecule has 3 atom stereocenters. The van der Waals surface area contributed by atoms with E-state index < -0.39 is 29.2 Å². The summed E-state index contributed by atoms with van der Waals surface area (Å²) in [5, 5.41) is 0. The summed E-state index contributed by atoms with van der Waals surface area (Å²) in [6, 6.07) is -0.228. The minimum Gasteiger partial charge on any atom is -0.463 e. The smallest absolute Gasteiger partial charge is 0.313 e. The van der Waals surface area contributed by atoms with E-state index in [1.54, 1.807) is 16.7 Å². The van der Waals surface area contributed by atoms with Gasteiger partial charge in [-0.1, -0.05) is 6.92 Å². The predicted molar refractivity (Wildman–Crippen MR) is 136 cm³/mol. The molecule has 0 aromatic rings. The number of likely N-dealkylation sites (tertiary alicyclic amines) is 2. The molecular weight excluding hydrogens is 496 g/mol. The van der Waals surface area contributed by atoms with Crippen molar-refractivity contribution in [2.75, 3.05) is 39.5 Å². The number of carbonyl (C=O) groups is 6. The number of amides is 2. The van der Waals surface area contributed by atoms with Gasteiger partial charge < -0.3 is 24.0 Å². The Balaban J connectivity index is 2.01. The van der Waals surface area contributed by atoms with E-state index in [2.05, 4.69) is 0 Å². The highest BCUT2D eigenvalue weighted by Crippen LogP contribution is 2.35. The number of Topliss-reactive ketones (excluding diaryl/α,β-unsaturated/α-hetero) is 1. The summed E-state index contributed by atoms with van der Waals surface area (Å²) in [7, 11) is 0. The van der Waals surface area contributed by atoms with Crippen molar-refractivity contribution in [3.8, 4) is 0 Å². The molecule has 11 heteroatoms. The molecule has 2 saturated heterocycles. The van der Waals surface area contributed by atoms with Crippen molar-refractivity contribution in [3.63, 3.8) is 0 Å². The van der Waals surface area contributed by atoms with Gasteiger partial charge in [0, 0.05) is 32.0 Å². The summed E-state index contributed by atoms with van der Waals surface area (Å²) in [4.78, 5) is 76.3. The van der Waals surface area contributed by atoms with Gasteiger partial charge in [0.1, 0.15) is 32.0 Å². The van der Waals surface area contributed by atoms with Crippen molar-refractivity contribution in [3.05, 3.63) is 0 Å². The molecule has 0 N–H and O–H groups in total. The quantitative estimate of drug-likeness (QED) is 0.125. The Kier molecular flexibility index (Phi) is 12.2. The lowest BCUT2D eigenvalue weighted by Gasteiger charge is -2.33. The van der Waals surface area contributed by atoms with E-state index in [0.29, 0.717) is 45.3 Å². The molecule has 0 radical (unpaired) electrons. The van der Waals surface area contributed by atoms with Crippen molar-refractivity contribution >= 4 is 35.5 Å². The van der Waals surface area contributed by atoms with Gasteiger partial charge in [-0.15, -0.1) is 0 Å². The number of hydrogen-bond acceptors (Lipinski definition) is 9. The van der Waals surface area contributed by atoms with Crippen LogP contribution in [0, 0.1) is 11.3 Å². The third-order valence-electron chi connectivity index (χ3n) is 7.32. The molecule has 38 heavy (non-hydrogen) atoms. The van der Waals surface area contributed by atoms with Gasteiger partial charge in [-0.05, 0) is 52.9 Å². The third kappa shape index (κ3) is 9.40. The summed E-state index contributed by atoms with van der Waals surface area (Å²) in [6.45, 7) is 8.07. The third-order valence-corrected chi connectivity index (χ3v) is 7.32. The van der Waals surface area contributed by atoms with E-state index in [9.17, 15) is 28.8 Å². The number of hydrogen-bond donors (Lipinski definition) is 0. The zero-order valence-electron chi connectivity index (χ0n) is 23.1. The average Bonchev–Trinajstić information content (AvgIpc) is 3.48. The van der Waals surface area contributed by atoms with Crippen LogP contribution in [-0.2, 0) is 43.0 Å². The maximum atomic E-state index is 13.1. The highest BCUT2D eigenvalue weighted by molar-refractivity contribution is 5.94. The zero-order valence-corrected chi connectivity index (χ0v) is 23.1. The van der Waals surface area contributed by atoms with Crippen LogP contribution in [0.1, 0.15) is 79.1 Å². The summed E-state index contributed by atoms with van der Waals surface area (Å²) < 4.78 is 15.8. The summed E-state index contributed by atoms with van der Waals surface area (Å²) >= 11 is 0. The molecule has 11 nitrogen and oxygen atoms in total. The number of ether oxygens (including phenoxy) is 3. The summed E-state index contributed by atoms with van der Waals surface area (Å²) in [6.07, 6.45) is 3.08. The summed E-state index contributed by atoms with van der Waals surface area (Å²) in [5.41, 5.74) is -0.985. The first-order valence-corrected chi connectivity index (χ1v) is 13.5. The second-order valence-electron chi connectivity index (χ2n) is 10.5. The van der Waals surface area contributed by atoms with E-state index in [4.69, 9.17) is 14.2 Å². The minimum absolute atomic E-state index is 0.0381. The minimum atomic E-state index is -0.985. The van der Waals surface area contributed by atoms with Crippen LogP contribution in [0.25, 0.3) is 0 Å². The molecule has 0 bridgehead atoms. The Morgan fingerprint density at radius 3 is 2.18 bits per heavy atom. The fraction of sp³-hybridized carbons (Fsp3) is 0.778. The van der Waals surface area contributed by atoms with Crippen LogP contribution >= 0.6 is 0 Å². The monoisotopic (exact) mass is 538 g/mol. The molecule has 2 aliphatic heterocycles. The Hall–Kier alpha value is -2.98. The first-order valence-electron chi connectivity index (χ1n) is 13.5. The lowest BCUT2D eigenvalue weighted by molar-refractivity contribution is -0.162. The molecule has 0 aliphatic carbocycles. The van der Waals surface area contributed by atoms with Crippen molar-refractivity contribution in [1.82, 2.24) is 9.80 Å². The number of carbonyl (C=O) groups excluding carboxylic acids is 6. The van der Waals surface area contributed by atoms with Crippen molar-refractivity contribution in [2.24, 2.45) is 11.3 Å². The first-order chi connectivity index (χ1) is 18.0. The highest BCUT2D eigenvalue weighted by atomic mass is 16.6. The molecule has 3 unspecified atom stereocenters. The molecule has 214 valence electrons. The van der Waals surface area contributed by atoms with E-state index >= 15 is 0 Å². The number of esters is 3. The normalized spacial score (nSPS) is 18.6. The molecule has 0 aromatic carbocycles. The molecule has 2 amide bonds. The largest absolute Gasteiger partial charge is 0.463 e. The van der Waals surface area contributed by atoms with Crippen LogP contribution in [0.3, 0.4) is 0 Å². The molecule has 0 aromatic heterocycles. The fourth-order valence-corrected chi connectivity index (χ4v) is 4.89. The Bertz CT molecular complexity index is 890. The van der Waals surface area contributed by atoms with Crippen LogP contribution in [0.2, 0.25) is 0 Å². The van der Waals surface area contributed by atoms with Gasteiger partial charge in [0.25, 0.3) is 0 Å². The second-order valence-corrected chi connectivity index (χ2v) is 10.5. The van der Waals surface area contributed by atoms with Crippen molar-refractivity contribution < 1.29 is 43.0 Å². The standard InChI is InChI=1S/C27H42N2O9/c1-5-27(4,26(35)38-13-12-28-10-6-8-22(28)31)18-21(16-19(2)29-11-7-9-23(29)32)25(34)37-15-14-36-24(33)17-20(3)30/h19,21H,5-18H2,1-4H3. The van der Waals surface area contributed by atoms with Gasteiger partial charge in [0.2, 0.25) is 11.8 Å². The Morgan fingerprint density at radius 1 is 0.947 bits per heavy atom. The Morgan fingerprint density at radius 2 is 1.61 bits per heavy atom. The Labute approximate surface area is 224 Å². The van der Waals surface area contributed by atoms with Crippen LogP contribution in [0.15, 0.2) is 0 Å². The predicted octanol–water partition coefficient (Wildman–Crippen LogP) is 2.04. The fourth-order valence-electron chi connectivity index (χ4n) is 4.89. The maximum absolute atomic E-state index is 13.1. The van der Waals surface area contributed by atoms with Gasteiger partial charge >= 0.3 is 17.9 Å². The first kappa shape index (κ1) is 31.2. The SMILES string of the molecule is CCC(C)(CC(CC(C)N1CCCC1=O)C(=O)OCCOC(=O)CC(C)=O)C(=O)OCCN1CCCC1=O. The van der Waals surface area contributed by atoms with Gasteiger partial charge in [-0.2, -0.15) is 0 Å². The number of ketones is 1. The van der Waals surface area contributed by atoms with E-state index in [-0.39, 0.29) is 56.3 Å². The number of rotatable bonds is 16. The maximum Gasteiger partial charge on any atom is 0.313 e. The van der Waals surface area contributed by atoms with E-state index in [1.165, 1.54) is 6.92 Å². The molecule has 2 fully saturated rings. The van der Waals surface area contributed by atoms with Crippen LogP contribution in [0.4, 0.5) is 0 Å². The topological polar surface area (TPSA) is 137 Å². The lowest BCUT2D eigenvalue weighted by atomic mass is 9.77.